The third-order valence-electron chi connectivity index (χ3n) is 5.74. The molecule has 8 nitrogen and oxygen atoms in total. The zero-order chi connectivity index (χ0) is 25.1. The molecular weight excluding hydrogens is 516 g/mol. The van der Waals surface area contributed by atoms with Gasteiger partial charge >= 0.3 is 0 Å². The predicted octanol–water partition coefficient (Wildman–Crippen LogP) is 4.49. The first kappa shape index (κ1) is 24.3. The predicted molar refractivity (Wildman–Crippen MR) is 132 cm³/mol. The lowest BCUT2D eigenvalue weighted by Crippen LogP contribution is -2.29. The molecule has 2 heterocycles. The van der Waals surface area contributed by atoms with Crippen LogP contribution in [-0.2, 0) is 16.1 Å². The third-order valence-corrected chi connectivity index (χ3v) is 6.26. The van der Waals surface area contributed by atoms with E-state index in [1.54, 1.807) is 54.9 Å². The maximum Gasteiger partial charge on any atom is 0.295 e. The highest BCUT2D eigenvalue weighted by atomic mass is 79.9. The van der Waals surface area contributed by atoms with Crippen LogP contribution in [0, 0.1) is 0 Å². The highest BCUT2D eigenvalue weighted by Gasteiger charge is 2.46. The number of pyridine rings is 1. The maximum atomic E-state index is 13.3. The largest absolute Gasteiger partial charge is 0.507 e. The number of methoxy groups -OCH3 is 3. The fourth-order valence-corrected chi connectivity index (χ4v) is 4.36. The van der Waals surface area contributed by atoms with Crippen LogP contribution in [0.5, 0.6) is 17.2 Å². The smallest absolute Gasteiger partial charge is 0.295 e. The number of carbonyl (C=O) groups is 2. The molecule has 1 atom stereocenters. The molecule has 180 valence electrons. The van der Waals surface area contributed by atoms with Gasteiger partial charge in [-0.15, -0.1) is 0 Å². The van der Waals surface area contributed by atoms with Gasteiger partial charge in [0.05, 0.1) is 32.9 Å². The summed E-state index contributed by atoms with van der Waals surface area (Å²) in [6.07, 6.45) is 3.25. The Balaban J connectivity index is 1.94. The average Bonchev–Trinajstić information content (AvgIpc) is 3.13. The first-order valence-electron chi connectivity index (χ1n) is 10.6. The van der Waals surface area contributed by atoms with Gasteiger partial charge in [-0.05, 0) is 41.5 Å². The van der Waals surface area contributed by atoms with Crippen molar-refractivity contribution in [2.45, 2.75) is 12.6 Å². The molecule has 1 unspecified atom stereocenters. The first-order valence-corrected chi connectivity index (χ1v) is 11.4. The number of amides is 1. The number of Topliss-reactive ketones (excluding diaryl/α,β-unsaturated/α-hetero) is 1. The van der Waals surface area contributed by atoms with Crippen molar-refractivity contribution in [2.75, 3.05) is 21.3 Å². The standard InChI is InChI=1S/C26H23BrN2O6/c1-33-19-11-17(12-20(34-2)25(19)35-3)22-21(23(30)16-6-8-18(27)9-7-16)24(31)26(32)29(22)14-15-5-4-10-28-13-15/h4-13,22,30H,14H2,1-3H3/b23-21-. The Morgan fingerprint density at radius 3 is 2.23 bits per heavy atom. The summed E-state index contributed by atoms with van der Waals surface area (Å²) in [5, 5.41) is 11.2. The van der Waals surface area contributed by atoms with Crippen LogP contribution in [0.4, 0.5) is 0 Å². The van der Waals surface area contributed by atoms with E-state index in [-0.39, 0.29) is 17.9 Å². The normalized spacial score (nSPS) is 16.9. The molecule has 1 N–H and O–H groups in total. The van der Waals surface area contributed by atoms with Crippen molar-refractivity contribution in [3.8, 4) is 17.2 Å². The highest BCUT2D eigenvalue weighted by molar-refractivity contribution is 9.10. The second-order valence-corrected chi connectivity index (χ2v) is 8.67. The Morgan fingerprint density at radius 2 is 1.69 bits per heavy atom. The molecule has 1 aromatic heterocycles. The summed E-state index contributed by atoms with van der Waals surface area (Å²) in [5.41, 5.74) is 1.62. The molecule has 2 aromatic carbocycles. The quantitative estimate of drug-likeness (QED) is 0.268. The minimum atomic E-state index is -0.910. The van der Waals surface area contributed by atoms with Gasteiger partial charge < -0.3 is 24.2 Å². The minimum Gasteiger partial charge on any atom is -0.507 e. The summed E-state index contributed by atoms with van der Waals surface area (Å²) in [5.74, 6) is -0.701. The van der Waals surface area contributed by atoms with Crippen LogP contribution in [0.25, 0.3) is 5.76 Å². The first-order chi connectivity index (χ1) is 16.9. The minimum absolute atomic E-state index is 0.0320. The van der Waals surface area contributed by atoms with Gasteiger partial charge in [-0.3, -0.25) is 14.6 Å². The summed E-state index contributed by atoms with van der Waals surface area (Å²) < 4.78 is 17.2. The van der Waals surface area contributed by atoms with Crippen LogP contribution in [-0.4, -0.2) is 48.0 Å². The molecule has 0 bridgehead atoms. The van der Waals surface area contributed by atoms with Gasteiger partial charge in [-0.25, -0.2) is 0 Å². The molecule has 9 heteroatoms. The van der Waals surface area contributed by atoms with Gasteiger partial charge in [0.25, 0.3) is 11.7 Å². The molecule has 1 aliphatic rings. The summed E-state index contributed by atoms with van der Waals surface area (Å²) in [6.45, 7) is 0.108. The van der Waals surface area contributed by atoms with Gasteiger partial charge in [0, 0.05) is 29.0 Å². The molecule has 0 radical (unpaired) electrons. The number of halogens is 1. The van der Waals surface area contributed by atoms with Crippen molar-refractivity contribution in [1.82, 2.24) is 9.88 Å². The fraction of sp³-hybridized carbons (Fsp3) is 0.192. The van der Waals surface area contributed by atoms with E-state index < -0.39 is 17.7 Å². The highest BCUT2D eigenvalue weighted by Crippen LogP contribution is 2.46. The number of likely N-dealkylation sites (tertiary alicyclic amines) is 1. The summed E-state index contributed by atoms with van der Waals surface area (Å²) in [7, 11) is 4.45. The van der Waals surface area contributed by atoms with Gasteiger partial charge in [-0.1, -0.05) is 34.1 Å². The van der Waals surface area contributed by atoms with Crippen LogP contribution in [0.15, 0.2) is 71.0 Å². The van der Waals surface area contributed by atoms with E-state index in [4.69, 9.17) is 14.2 Å². The Hall–Kier alpha value is -3.85. The van der Waals surface area contributed by atoms with Gasteiger partial charge in [0.15, 0.2) is 11.5 Å². The van der Waals surface area contributed by atoms with Crippen LogP contribution in [0.3, 0.4) is 0 Å². The van der Waals surface area contributed by atoms with E-state index in [1.165, 1.54) is 26.2 Å². The van der Waals surface area contributed by atoms with Crippen molar-refractivity contribution < 1.29 is 28.9 Å². The van der Waals surface area contributed by atoms with Crippen LogP contribution in [0.2, 0.25) is 0 Å². The second-order valence-electron chi connectivity index (χ2n) is 7.75. The van der Waals surface area contributed by atoms with Crippen molar-refractivity contribution in [3.05, 3.63) is 87.7 Å². The molecule has 0 spiro atoms. The van der Waals surface area contributed by atoms with Gasteiger partial charge in [0.2, 0.25) is 5.75 Å². The van der Waals surface area contributed by atoms with Crippen LogP contribution < -0.4 is 14.2 Å². The Kier molecular flexibility index (Phi) is 7.07. The Bertz CT molecular complexity index is 1270. The van der Waals surface area contributed by atoms with E-state index >= 15 is 0 Å². The molecule has 35 heavy (non-hydrogen) atoms. The van der Waals surface area contributed by atoms with Crippen LogP contribution >= 0.6 is 15.9 Å². The summed E-state index contributed by atoms with van der Waals surface area (Å²) in [4.78, 5) is 32.0. The number of hydrogen-bond acceptors (Lipinski definition) is 7. The zero-order valence-electron chi connectivity index (χ0n) is 19.3. The monoisotopic (exact) mass is 538 g/mol. The number of benzene rings is 2. The lowest BCUT2D eigenvalue weighted by Gasteiger charge is -2.26. The number of ether oxygens (including phenoxy) is 3. The van der Waals surface area contributed by atoms with Crippen molar-refractivity contribution in [3.63, 3.8) is 0 Å². The summed E-state index contributed by atoms with van der Waals surface area (Å²) in [6, 6.07) is 12.8. The number of aromatic nitrogens is 1. The number of nitrogens with zero attached hydrogens (tertiary/aromatic N) is 2. The number of aliphatic hydroxyl groups is 1. The Labute approximate surface area is 210 Å². The van der Waals surface area contributed by atoms with Gasteiger partial charge in [-0.2, -0.15) is 0 Å². The van der Waals surface area contributed by atoms with E-state index in [0.717, 1.165) is 10.0 Å². The van der Waals surface area contributed by atoms with Crippen molar-refractivity contribution >= 4 is 33.4 Å². The fourth-order valence-electron chi connectivity index (χ4n) is 4.10. The molecule has 0 saturated carbocycles. The van der Waals surface area contributed by atoms with E-state index in [1.807, 2.05) is 6.07 Å². The molecule has 1 amide bonds. The lowest BCUT2D eigenvalue weighted by molar-refractivity contribution is -0.140. The molecule has 1 fully saturated rings. The molecule has 1 saturated heterocycles. The maximum absolute atomic E-state index is 13.3. The number of aliphatic hydroxyl groups excluding tert-OH is 1. The second kappa shape index (κ2) is 10.2. The number of hydrogen-bond donors (Lipinski definition) is 1. The van der Waals surface area contributed by atoms with E-state index in [9.17, 15) is 14.7 Å². The van der Waals surface area contributed by atoms with Crippen LogP contribution in [0.1, 0.15) is 22.7 Å². The van der Waals surface area contributed by atoms with Crippen molar-refractivity contribution in [2.24, 2.45) is 0 Å². The molecule has 0 aliphatic carbocycles. The number of rotatable bonds is 7. The molecule has 3 aromatic rings. The third kappa shape index (κ3) is 4.59. The average molecular weight is 539 g/mol. The van der Waals surface area contributed by atoms with E-state index in [2.05, 4.69) is 20.9 Å². The SMILES string of the molecule is COc1cc(C2/C(=C(/O)c3ccc(Br)cc3)C(=O)C(=O)N2Cc2cccnc2)cc(OC)c1OC. The zero-order valence-corrected chi connectivity index (χ0v) is 20.9. The van der Waals surface area contributed by atoms with Crippen molar-refractivity contribution in [1.29, 1.82) is 0 Å². The number of carbonyl (C=O) groups excluding carboxylic acids is 2. The Morgan fingerprint density at radius 1 is 1.03 bits per heavy atom. The van der Waals surface area contributed by atoms with E-state index in [0.29, 0.717) is 28.4 Å². The molecular formula is C26H23BrN2O6. The number of ketones is 1. The summed E-state index contributed by atoms with van der Waals surface area (Å²) >= 11 is 3.37. The topological polar surface area (TPSA) is 98.2 Å². The molecule has 1 aliphatic heterocycles. The lowest BCUT2D eigenvalue weighted by atomic mass is 9.94. The van der Waals surface area contributed by atoms with Gasteiger partial charge in [0.1, 0.15) is 5.76 Å². The molecule has 4 rings (SSSR count).